The van der Waals surface area contributed by atoms with Crippen molar-refractivity contribution in [3.05, 3.63) is 0 Å². The lowest BCUT2D eigenvalue weighted by Gasteiger charge is -2.41. The number of aliphatic hydroxyl groups excluding tert-OH is 3. The summed E-state index contributed by atoms with van der Waals surface area (Å²) < 4.78 is 15.5. The third kappa shape index (κ3) is 6.94. The van der Waals surface area contributed by atoms with E-state index in [9.17, 15) is 24.9 Å². The molecule has 0 bridgehead atoms. The number of carbonyl (C=O) groups excluding carboxylic acids is 2. The molecular weight excluding hydrogens is 372 g/mol. The molecule has 10 nitrogen and oxygen atoms in total. The Morgan fingerprint density at radius 1 is 0.929 bits per heavy atom. The van der Waals surface area contributed by atoms with Crippen molar-refractivity contribution in [1.29, 1.82) is 0 Å². The van der Waals surface area contributed by atoms with E-state index in [0.717, 1.165) is 0 Å². The lowest BCUT2D eigenvalue weighted by molar-refractivity contribution is -0.294. The number of rotatable bonds is 9. The summed E-state index contributed by atoms with van der Waals surface area (Å²) in [4.78, 5) is 24.5. The SMILES string of the molecule is CC(C)C[C@H](N)C(=O)O[C@H]1[C@H](O)[C@@H](CO)OC(O)[C@@H]1OC(=O)[C@@H](N)CC(C)C. The summed E-state index contributed by atoms with van der Waals surface area (Å²) in [5.74, 6) is -1.40. The molecule has 1 fully saturated rings. The highest BCUT2D eigenvalue weighted by Gasteiger charge is 2.49. The van der Waals surface area contributed by atoms with Crippen molar-refractivity contribution in [2.24, 2.45) is 23.3 Å². The van der Waals surface area contributed by atoms with Gasteiger partial charge >= 0.3 is 11.9 Å². The molecule has 0 aromatic carbocycles. The van der Waals surface area contributed by atoms with Crippen LogP contribution in [0.3, 0.4) is 0 Å². The highest BCUT2D eigenvalue weighted by atomic mass is 16.7. The van der Waals surface area contributed by atoms with Crippen molar-refractivity contribution in [3.8, 4) is 0 Å². The van der Waals surface area contributed by atoms with Crippen LogP contribution in [0.25, 0.3) is 0 Å². The number of esters is 2. The van der Waals surface area contributed by atoms with E-state index in [-0.39, 0.29) is 11.8 Å². The maximum absolute atomic E-state index is 12.3. The zero-order valence-electron chi connectivity index (χ0n) is 16.9. The van der Waals surface area contributed by atoms with E-state index < -0.39 is 61.3 Å². The van der Waals surface area contributed by atoms with Gasteiger partial charge in [-0.3, -0.25) is 9.59 Å². The van der Waals surface area contributed by atoms with Crippen molar-refractivity contribution in [3.63, 3.8) is 0 Å². The molecule has 28 heavy (non-hydrogen) atoms. The van der Waals surface area contributed by atoms with Crippen LogP contribution in [0.15, 0.2) is 0 Å². The predicted octanol–water partition coefficient (Wildman–Crippen LogP) is -1.37. The molecule has 0 spiro atoms. The third-order valence-corrected chi connectivity index (χ3v) is 4.38. The Morgan fingerprint density at radius 2 is 1.36 bits per heavy atom. The van der Waals surface area contributed by atoms with E-state index in [0.29, 0.717) is 12.8 Å². The van der Waals surface area contributed by atoms with Crippen LogP contribution >= 0.6 is 0 Å². The Balaban J connectivity index is 2.95. The fourth-order valence-corrected chi connectivity index (χ4v) is 2.97. The van der Waals surface area contributed by atoms with E-state index in [4.69, 9.17) is 25.7 Å². The molecule has 1 rings (SSSR count). The summed E-state index contributed by atoms with van der Waals surface area (Å²) in [6.45, 7) is 6.87. The minimum Gasteiger partial charge on any atom is -0.454 e. The van der Waals surface area contributed by atoms with Crippen molar-refractivity contribution < 1.29 is 39.1 Å². The number of hydrogen-bond donors (Lipinski definition) is 5. The zero-order valence-corrected chi connectivity index (χ0v) is 16.9. The van der Waals surface area contributed by atoms with Gasteiger partial charge in [-0.05, 0) is 24.7 Å². The second kappa shape index (κ2) is 11.0. The van der Waals surface area contributed by atoms with Gasteiger partial charge in [0.2, 0.25) is 0 Å². The Kier molecular flexibility index (Phi) is 9.75. The summed E-state index contributed by atoms with van der Waals surface area (Å²) in [7, 11) is 0. The van der Waals surface area contributed by atoms with E-state index in [1.165, 1.54) is 0 Å². The molecule has 1 aliphatic rings. The molecule has 0 aromatic heterocycles. The van der Waals surface area contributed by atoms with Crippen molar-refractivity contribution >= 4 is 11.9 Å². The molecule has 1 aliphatic heterocycles. The monoisotopic (exact) mass is 406 g/mol. The smallest absolute Gasteiger partial charge is 0.323 e. The van der Waals surface area contributed by atoms with Gasteiger partial charge in [-0.15, -0.1) is 0 Å². The standard InChI is InChI=1S/C18H34N2O8/c1-8(2)5-10(19)16(23)27-14-13(22)12(7-21)26-18(25)15(14)28-17(24)11(20)6-9(3)4/h8-15,18,21-22,25H,5-7,19-20H2,1-4H3/t10-,11-,12+,13+,14-,15+,18?/m0/s1. The van der Waals surface area contributed by atoms with Crippen molar-refractivity contribution in [2.45, 2.75) is 83.3 Å². The minimum atomic E-state index is -1.73. The van der Waals surface area contributed by atoms with Crippen LogP contribution in [-0.4, -0.2) is 76.7 Å². The number of carbonyl (C=O) groups is 2. The first-order valence-corrected chi connectivity index (χ1v) is 9.52. The largest absolute Gasteiger partial charge is 0.454 e. The Hall–Kier alpha value is -1.30. The first-order chi connectivity index (χ1) is 13.0. The van der Waals surface area contributed by atoms with Crippen LogP contribution in [-0.2, 0) is 23.8 Å². The molecule has 164 valence electrons. The molecule has 0 radical (unpaired) electrons. The van der Waals surface area contributed by atoms with Gasteiger partial charge in [0.25, 0.3) is 0 Å². The fourth-order valence-electron chi connectivity index (χ4n) is 2.97. The molecule has 7 N–H and O–H groups in total. The van der Waals surface area contributed by atoms with Gasteiger partial charge in [-0.1, -0.05) is 27.7 Å². The fraction of sp³-hybridized carbons (Fsp3) is 0.889. The topological polar surface area (TPSA) is 175 Å². The van der Waals surface area contributed by atoms with Crippen LogP contribution in [0.4, 0.5) is 0 Å². The average molecular weight is 406 g/mol. The van der Waals surface area contributed by atoms with Gasteiger partial charge in [-0.2, -0.15) is 0 Å². The van der Waals surface area contributed by atoms with Gasteiger partial charge in [0, 0.05) is 0 Å². The zero-order chi connectivity index (χ0) is 21.6. The number of hydrogen-bond acceptors (Lipinski definition) is 10. The highest BCUT2D eigenvalue weighted by Crippen LogP contribution is 2.26. The molecule has 0 aromatic rings. The normalized spacial score (nSPS) is 30.2. The van der Waals surface area contributed by atoms with Crippen LogP contribution in [0.2, 0.25) is 0 Å². The van der Waals surface area contributed by atoms with Crippen LogP contribution in [0.5, 0.6) is 0 Å². The van der Waals surface area contributed by atoms with Gasteiger partial charge in [0.15, 0.2) is 18.5 Å². The number of aliphatic hydroxyl groups is 3. The summed E-state index contributed by atoms with van der Waals surface area (Å²) in [6, 6.07) is -1.92. The van der Waals surface area contributed by atoms with E-state index >= 15 is 0 Å². The lowest BCUT2D eigenvalue weighted by Crippen LogP contribution is -2.62. The van der Waals surface area contributed by atoms with Crippen LogP contribution < -0.4 is 11.5 Å². The van der Waals surface area contributed by atoms with Gasteiger partial charge in [-0.25, -0.2) is 0 Å². The molecule has 0 aliphatic carbocycles. The second-order valence-electron chi connectivity index (χ2n) is 8.01. The molecule has 1 heterocycles. The Labute approximate surface area is 165 Å². The maximum atomic E-state index is 12.3. The van der Waals surface area contributed by atoms with Gasteiger partial charge < -0.3 is 41.0 Å². The van der Waals surface area contributed by atoms with E-state index in [1.54, 1.807) is 0 Å². The van der Waals surface area contributed by atoms with Crippen LogP contribution in [0, 0.1) is 11.8 Å². The van der Waals surface area contributed by atoms with Gasteiger partial charge in [0.05, 0.1) is 6.61 Å². The molecular formula is C18H34N2O8. The van der Waals surface area contributed by atoms with Crippen LogP contribution in [0.1, 0.15) is 40.5 Å². The lowest BCUT2D eigenvalue weighted by atomic mass is 9.98. The summed E-state index contributed by atoms with van der Waals surface area (Å²) in [5.41, 5.74) is 11.6. The van der Waals surface area contributed by atoms with Crippen molar-refractivity contribution in [1.82, 2.24) is 0 Å². The molecule has 7 atom stereocenters. The Morgan fingerprint density at radius 3 is 1.75 bits per heavy atom. The highest BCUT2D eigenvalue weighted by molar-refractivity contribution is 5.76. The molecule has 10 heteroatoms. The molecule has 0 saturated carbocycles. The number of ether oxygens (including phenoxy) is 3. The summed E-state index contributed by atoms with van der Waals surface area (Å²) in [5, 5.41) is 29.9. The quantitative estimate of drug-likeness (QED) is 0.287. The first-order valence-electron chi connectivity index (χ1n) is 9.52. The molecule has 1 unspecified atom stereocenters. The molecule has 0 amide bonds. The summed E-state index contributed by atoms with van der Waals surface area (Å²) >= 11 is 0. The molecule has 1 saturated heterocycles. The minimum absolute atomic E-state index is 0.126. The third-order valence-electron chi connectivity index (χ3n) is 4.38. The maximum Gasteiger partial charge on any atom is 0.323 e. The van der Waals surface area contributed by atoms with Crippen molar-refractivity contribution in [2.75, 3.05) is 6.61 Å². The first kappa shape index (κ1) is 24.7. The Bertz CT molecular complexity index is 516. The van der Waals surface area contributed by atoms with E-state index in [2.05, 4.69) is 0 Å². The summed E-state index contributed by atoms with van der Waals surface area (Å²) in [6.07, 6.45) is -6.80. The van der Waals surface area contributed by atoms with Gasteiger partial charge in [0.1, 0.15) is 24.3 Å². The average Bonchev–Trinajstić information content (AvgIpc) is 2.59. The van der Waals surface area contributed by atoms with E-state index in [1.807, 2.05) is 27.7 Å². The second-order valence-corrected chi connectivity index (χ2v) is 8.01. The number of nitrogens with two attached hydrogens (primary N) is 2. The predicted molar refractivity (Wildman–Crippen MR) is 98.6 cm³/mol.